The number of imidazole rings is 1. The van der Waals surface area contributed by atoms with Crippen LogP contribution in [0.2, 0.25) is 0 Å². The number of likely N-dealkylation sites (tertiary alicyclic amines) is 1. The van der Waals surface area contributed by atoms with Crippen molar-refractivity contribution in [3.05, 3.63) is 78.3 Å². The molecule has 0 spiro atoms. The van der Waals surface area contributed by atoms with Crippen molar-refractivity contribution in [3.63, 3.8) is 0 Å². The molecular weight excluding hydrogens is 442 g/mol. The monoisotopic (exact) mass is 471 g/mol. The van der Waals surface area contributed by atoms with Crippen LogP contribution >= 0.6 is 0 Å². The van der Waals surface area contributed by atoms with Crippen molar-refractivity contribution >= 4 is 11.6 Å². The normalized spacial score (nSPS) is 14.6. The zero-order valence-corrected chi connectivity index (χ0v) is 19.9. The highest BCUT2D eigenvalue weighted by molar-refractivity contribution is 5.98. The second-order valence-corrected chi connectivity index (χ2v) is 8.67. The minimum atomic E-state index is -0.526. The van der Waals surface area contributed by atoms with Gasteiger partial charge in [0.1, 0.15) is 22.9 Å². The minimum Gasteiger partial charge on any atom is -0.497 e. The van der Waals surface area contributed by atoms with Gasteiger partial charge in [-0.15, -0.1) is 0 Å². The molecule has 0 radical (unpaired) electrons. The van der Waals surface area contributed by atoms with E-state index in [9.17, 15) is 4.79 Å². The number of hydrogen-bond acceptors (Lipinski definition) is 5. The number of primary amides is 1. The smallest absolute Gasteiger partial charge is 0.269 e. The first kappa shape index (κ1) is 22.6. The SMILES string of the molecule is CC=CN1CCC(c2cnn3c(C(N)=O)c(-c4ccc(Oc5ccc(OC)cc5)cc4)[nH]c23)CC1. The molecule has 1 saturated heterocycles. The number of nitrogens with zero attached hydrogens (tertiary/aromatic N) is 3. The standard InChI is InChI=1S/C27H29N5O3/c1-3-14-31-15-12-18(13-16-31)23-17-29-32-25(26(28)33)24(30-27(23)32)19-4-6-21(7-5-19)35-22-10-8-20(34-2)9-11-22/h3-11,14,17-18,30H,12-13,15-16H2,1-2H3,(H2,28,33). The number of aromatic nitrogens is 3. The number of ether oxygens (including phenoxy) is 2. The average molecular weight is 472 g/mol. The molecule has 3 heterocycles. The molecule has 0 saturated carbocycles. The highest BCUT2D eigenvalue weighted by atomic mass is 16.5. The quantitative estimate of drug-likeness (QED) is 0.398. The Morgan fingerprint density at radius 2 is 1.69 bits per heavy atom. The Morgan fingerprint density at radius 1 is 1.06 bits per heavy atom. The molecule has 35 heavy (non-hydrogen) atoms. The highest BCUT2D eigenvalue weighted by Gasteiger charge is 2.26. The van der Waals surface area contributed by atoms with Crippen molar-refractivity contribution in [1.82, 2.24) is 19.5 Å². The summed E-state index contributed by atoms with van der Waals surface area (Å²) in [4.78, 5) is 18.2. The van der Waals surface area contributed by atoms with Gasteiger partial charge in [-0.2, -0.15) is 5.10 Å². The van der Waals surface area contributed by atoms with E-state index < -0.39 is 5.91 Å². The van der Waals surface area contributed by atoms with Gasteiger partial charge in [0.25, 0.3) is 5.91 Å². The van der Waals surface area contributed by atoms with Gasteiger partial charge in [-0.25, -0.2) is 4.52 Å². The second-order valence-electron chi connectivity index (χ2n) is 8.67. The first-order valence-electron chi connectivity index (χ1n) is 11.8. The summed E-state index contributed by atoms with van der Waals surface area (Å²) in [6, 6.07) is 14.9. The number of nitrogens with two attached hydrogens (primary N) is 1. The largest absolute Gasteiger partial charge is 0.497 e. The fourth-order valence-electron chi connectivity index (χ4n) is 4.71. The van der Waals surface area contributed by atoms with E-state index in [1.54, 1.807) is 11.6 Å². The van der Waals surface area contributed by atoms with Gasteiger partial charge >= 0.3 is 0 Å². The Labute approximate surface area is 204 Å². The molecule has 1 aliphatic heterocycles. The molecule has 0 aliphatic carbocycles. The van der Waals surface area contributed by atoms with Gasteiger partial charge in [0.05, 0.1) is 19.0 Å². The van der Waals surface area contributed by atoms with E-state index in [2.05, 4.69) is 27.3 Å². The van der Waals surface area contributed by atoms with Crippen LogP contribution in [0.3, 0.4) is 0 Å². The molecule has 5 rings (SSSR count). The molecule has 1 aliphatic rings. The maximum atomic E-state index is 12.4. The predicted octanol–water partition coefficient (Wildman–Crippen LogP) is 4.94. The number of rotatable bonds is 7. The lowest BCUT2D eigenvalue weighted by Gasteiger charge is -2.30. The van der Waals surface area contributed by atoms with E-state index in [4.69, 9.17) is 15.2 Å². The third-order valence-corrected chi connectivity index (χ3v) is 6.49. The molecule has 8 heteroatoms. The number of amides is 1. The fourth-order valence-corrected chi connectivity index (χ4v) is 4.71. The molecule has 2 aromatic carbocycles. The van der Waals surface area contributed by atoms with Crippen molar-refractivity contribution in [2.24, 2.45) is 5.73 Å². The van der Waals surface area contributed by atoms with E-state index in [1.165, 1.54) is 0 Å². The molecule has 0 unspecified atom stereocenters. The molecule has 180 valence electrons. The molecule has 0 atom stereocenters. The van der Waals surface area contributed by atoms with Gasteiger partial charge in [-0.05, 0) is 80.4 Å². The number of carbonyl (C=O) groups is 1. The Kier molecular flexibility index (Phi) is 6.18. The highest BCUT2D eigenvalue weighted by Crippen LogP contribution is 2.34. The number of aromatic amines is 1. The van der Waals surface area contributed by atoms with Crippen LogP contribution in [0.1, 0.15) is 41.7 Å². The van der Waals surface area contributed by atoms with Gasteiger partial charge in [0.15, 0.2) is 5.69 Å². The Balaban J connectivity index is 1.41. The van der Waals surface area contributed by atoms with Crippen LogP contribution < -0.4 is 15.2 Å². The van der Waals surface area contributed by atoms with Crippen LogP contribution in [0.15, 0.2) is 67.0 Å². The molecule has 4 aromatic rings. The number of nitrogens with one attached hydrogen (secondary N) is 1. The molecular formula is C27H29N5O3. The molecule has 1 fully saturated rings. The summed E-state index contributed by atoms with van der Waals surface area (Å²) in [5, 5.41) is 4.53. The van der Waals surface area contributed by atoms with Crippen LogP contribution in [-0.4, -0.2) is 45.6 Å². The van der Waals surface area contributed by atoms with Gasteiger partial charge in [0.2, 0.25) is 0 Å². The van der Waals surface area contributed by atoms with Crippen molar-refractivity contribution in [2.45, 2.75) is 25.7 Å². The van der Waals surface area contributed by atoms with Crippen LogP contribution in [0.4, 0.5) is 0 Å². The van der Waals surface area contributed by atoms with Gasteiger partial charge in [-0.1, -0.05) is 6.08 Å². The zero-order valence-electron chi connectivity index (χ0n) is 19.9. The summed E-state index contributed by atoms with van der Waals surface area (Å²) < 4.78 is 12.8. The lowest BCUT2D eigenvalue weighted by Crippen LogP contribution is -2.28. The van der Waals surface area contributed by atoms with Gasteiger partial charge in [0, 0.05) is 24.2 Å². The van der Waals surface area contributed by atoms with Crippen molar-refractivity contribution in [2.75, 3.05) is 20.2 Å². The Morgan fingerprint density at radius 3 is 2.29 bits per heavy atom. The van der Waals surface area contributed by atoms with E-state index >= 15 is 0 Å². The van der Waals surface area contributed by atoms with Crippen LogP contribution in [0.5, 0.6) is 17.2 Å². The van der Waals surface area contributed by atoms with Crippen molar-refractivity contribution < 1.29 is 14.3 Å². The molecule has 0 bridgehead atoms. The van der Waals surface area contributed by atoms with Crippen LogP contribution in [0, 0.1) is 0 Å². The van der Waals surface area contributed by atoms with E-state index in [0.29, 0.717) is 28.8 Å². The summed E-state index contributed by atoms with van der Waals surface area (Å²) in [7, 11) is 1.63. The number of H-pyrrole nitrogens is 1. The lowest BCUT2D eigenvalue weighted by molar-refractivity contribution is 0.0994. The minimum absolute atomic E-state index is 0.349. The summed E-state index contributed by atoms with van der Waals surface area (Å²) in [5.74, 6) is 2.01. The van der Waals surface area contributed by atoms with Gasteiger partial charge < -0.3 is 25.1 Å². The first-order chi connectivity index (χ1) is 17.1. The Bertz CT molecular complexity index is 1340. The fraction of sp³-hybridized carbons (Fsp3) is 0.259. The molecule has 2 aromatic heterocycles. The second kappa shape index (κ2) is 9.58. The summed E-state index contributed by atoms with van der Waals surface area (Å²) in [5.41, 5.74) is 9.58. The number of fused-ring (bicyclic) bond motifs is 1. The van der Waals surface area contributed by atoms with E-state index in [0.717, 1.165) is 48.5 Å². The number of allylic oxidation sites excluding steroid dienone is 1. The third kappa shape index (κ3) is 4.47. The topological polar surface area (TPSA) is 97.9 Å². The zero-order chi connectivity index (χ0) is 24.4. The number of hydrogen-bond donors (Lipinski definition) is 2. The first-order valence-corrected chi connectivity index (χ1v) is 11.8. The van der Waals surface area contributed by atoms with Crippen molar-refractivity contribution in [3.8, 4) is 28.5 Å². The lowest BCUT2D eigenvalue weighted by atomic mass is 9.91. The van der Waals surface area contributed by atoms with Gasteiger partial charge in [-0.3, -0.25) is 4.79 Å². The number of methoxy groups -OCH3 is 1. The predicted molar refractivity (Wildman–Crippen MR) is 135 cm³/mol. The average Bonchev–Trinajstić information content (AvgIpc) is 3.45. The van der Waals surface area contributed by atoms with Crippen LogP contribution in [0.25, 0.3) is 16.9 Å². The van der Waals surface area contributed by atoms with E-state index in [-0.39, 0.29) is 0 Å². The summed E-state index contributed by atoms with van der Waals surface area (Å²) in [6.07, 6.45) is 8.14. The van der Waals surface area contributed by atoms with Crippen LogP contribution in [-0.2, 0) is 0 Å². The molecule has 3 N–H and O–H groups in total. The number of carbonyl (C=O) groups excluding carboxylic acids is 1. The summed E-state index contributed by atoms with van der Waals surface area (Å²) in [6.45, 7) is 4.04. The Hall–Kier alpha value is -4.20. The maximum absolute atomic E-state index is 12.4. The summed E-state index contributed by atoms with van der Waals surface area (Å²) >= 11 is 0. The third-order valence-electron chi connectivity index (χ3n) is 6.49. The molecule has 8 nitrogen and oxygen atoms in total. The number of piperidine rings is 1. The number of benzene rings is 2. The maximum Gasteiger partial charge on any atom is 0.269 e. The molecule has 1 amide bonds. The van der Waals surface area contributed by atoms with E-state index in [1.807, 2.05) is 61.7 Å². The van der Waals surface area contributed by atoms with Crippen molar-refractivity contribution in [1.29, 1.82) is 0 Å².